The van der Waals surface area contributed by atoms with E-state index < -0.39 is 27.2 Å². The molecule has 0 saturated carbocycles. The molecule has 1 aliphatic heterocycles. The molecule has 2 atom stereocenters. The van der Waals surface area contributed by atoms with Crippen molar-refractivity contribution in [1.82, 2.24) is 29.7 Å². The van der Waals surface area contributed by atoms with Gasteiger partial charge in [0, 0.05) is 31.0 Å². The average molecular weight is 599 g/mol. The standard InChI is InChI=1S/C27H31FN8O5S/c1-17(2)41-20-11-21(16-35(15-20)26-30-13-19(28)14-31-26)42(37,38)34-27-33-32-25(18-7-6-10-29-12-18)36(27)24-22(39-3)8-5-9-23(24)40-4/h5-10,12-14,17,20-21H,11,15-16H2,1-4H3,(H,33,34)/t20-,21+/m1/s1. The summed E-state index contributed by atoms with van der Waals surface area (Å²) in [5.41, 5.74) is 0.987. The van der Waals surface area contributed by atoms with E-state index in [0.717, 1.165) is 12.4 Å². The molecule has 15 heteroatoms. The van der Waals surface area contributed by atoms with Crippen molar-refractivity contribution in [3.8, 4) is 28.6 Å². The monoisotopic (exact) mass is 598 g/mol. The number of benzene rings is 1. The second kappa shape index (κ2) is 12.2. The fourth-order valence-electron chi connectivity index (χ4n) is 4.86. The van der Waals surface area contributed by atoms with Crippen LogP contribution in [0.4, 0.5) is 16.3 Å². The largest absolute Gasteiger partial charge is 0.494 e. The summed E-state index contributed by atoms with van der Waals surface area (Å²) < 4.78 is 62.9. The third-order valence-electron chi connectivity index (χ3n) is 6.61. The van der Waals surface area contributed by atoms with Crippen molar-refractivity contribution in [1.29, 1.82) is 0 Å². The SMILES string of the molecule is COc1cccc(OC)c1-n1c(NS(=O)(=O)[C@H]2C[C@@H](OC(C)C)CN(c3ncc(F)cn3)C2)nnc1-c1cccnc1. The quantitative estimate of drug-likeness (QED) is 0.287. The van der Waals surface area contributed by atoms with Gasteiger partial charge < -0.3 is 19.1 Å². The van der Waals surface area contributed by atoms with E-state index in [1.807, 2.05) is 13.8 Å². The summed E-state index contributed by atoms with van der Waals surface area (Å²) in [4.78, 5) is 14.0. The number of pyridine rings is 1. The van der Waals surface area contributed by atoms with Crippen LogP contribution >= 0.6 is 0 Å². The van der Waals surface area contributed by atoms with Crippen molar-refractivity contribution in [3.05, 3.63) is 60.9 Å². The lowest BCUT2D eigenvalue weighted by Gasteiger charge is -2.37. The summed E-state index contributed by atoms with van der Waals surface area (Å²) in [6.07, 6.45) is 4.89. The molecular formula is C27H31FN8O5S. The van der Waals surface area contributed by atoms with Gasteiger partial charge in [-0.25, -0.2) is 22.8 Å². The Morgan fingerprint density at radius 2 is 1.71 bits per heavy atom. The molecule has 1 saturated heterocycles. The number of rotatable bonds is 10. The van der Waals surface area contributed by atoms with Gasteiger partial charge in [-0.15, -0.1) is 10.2 Å². The Kier molecular flexibility index (Phi) is 8.49. The van der Waals surface area contributed by atoms with Gasteiger partial charge in [-0.05, 0) is 44.5 Å². The number of para-hydroxylation sites is 1. The third-order valence-corrected chi connectivity index (χ3v) is 8.29. The number of anilines is 2. The van der Waals surface area contributed by atoms with Gasteiger partial charge >= 0.3 is 0 Å². The molecule has 3 aromatic heterocycles. The number of hydrogen-bond acceptors (Lipinski definition) is 11. The van der Waals surface area contributed by atoms with Crippen LogP contribution in [0.1, 0.15) is 20.3 Å². The second-order valence-electron chi connectivity index (χ2n) is 9.85. The van der Waals surface area contributed by atoms with Crippen molar-refractivity contribution in [2.75, 3.05) is 36.9 Å². The van der Waals surface area contributed by atoms with E-state index >= 15 is 0 Å². The Labute approximate surface area is 242 Å². The molecule has 1 fully saturated rings. The molecule has 0 radical (unpaired) electrons. The highest BCUT2D eigenvalue weighted by atomic mass is 32.2. The molecule has 4 heterocycles. The van der Waals surface area contributed by atoms with E-state index in [4.69, 9.17) is 14.2 Å². The van der Waals surface area contributed by atoms with Crippen molar-refractivity contribution in [2.24, 2.45) is 0 Å². The van der Waals surface area contributed by atoms with Crippen LogP contribution in [0.3, 0.4) is 0 Å². The zero-order chi connectivity index (χ0) is 29.9. The third kappa shape index (κ3) is 6.11. The van der Waals surface area contributed by atoms with Crippen LogP contribution in [0.5, 0.6) is 11.5 Å². The molecule has 0 amide bonds. The number of ether oxygens (including phenoxy) is 3. The van der Waals surface area contributed by atoms with Crippen LogP contribution < -0.4 is 19.1 Å². The molecular weight excluding hydrogens is 567 g/mol. The van der Waals surface area contributed by atoms with E-state index in [0.29, 0.717) is 35.1 Å². The normalized spacial score (nSPS) is 17.3. The predicted molar refractivity (Wildman–Crippen MR) is 153 cm³/mol. The van der Waals surface area contributed by atoms with Gasteiger partial charge in [-0.3, -0.25) is 14.3 Å². The molecule has 1 aromatic carbocycles. The molecule has 0 unspecified atom stereocenters. The zero-order valence-corrected chi connectivity index (χ0v) is 24.3. The number of methoxy groups -OCH3 is 2. The number of piperidine rings is 1. The summed E-state index contributed by atoms with van der Waals surface area (Å²) >= 11 is 0. The van der Waals surface area contributed by atoms with Crippen LogP contribution in [-0.4, -0.2) is 82.9 Å². The maximum Gasteiger partial charge on any atom is 0.243 e. The summed E-state index contributed by atoms with van der Waals surface area (Å²) in [5, 5.41) is 7.58. The summed E-state index contributed by atoms with van der Waals surface area (Å²) in [7, 11) is -1.12. The van der Waals surface area contributed by atoms with Gasteiger partial charge in [0.2, 0.25) is 21.9 Å². The lowest BCUT2D eigenvalue weighted by Crippen LogP contribution is -2.51. The molecule has 0 aliphatic carbocycles. The summed E-state index contributed by atoms with van der Waals surface area (Å²) in [6.45, 7) is 4.13. The van der Waals surface area contributed by atoms with Gasteiger partial charge in [0.1, 0.15) is 22.4 Å². The maximum atomic E-state index is 14.0. The van der Waals surface area contributed by atoms with Crippen molar-refractivity contribution in [2.45, 2.75) is 37.7 Å². The highest BCUT2D eigenvalue weighted by Crippen LogP contribution is 2.38. The Bertz CT molecular complexity index is 1600. The first-order valence-electron chi connectivity index (χ1n) is 13.2. The number of halogens is 1. The Morgan fingerprint density at radius 3 is 2.33 bits per heavy atom. The maximum absolute atomic E-state index is 14.0. The second-order valence-corrected chi connectivity index (χ2v) is 11.8. The molecule has 42 heavy (non-hydrogen) atoms. The van der Waals surface area contributed by atoms with E-state index in [2.05, 4.69) is 29.9 Å². The topological polar surface area (TPSA) is 146 Å². The molecule has 1 N–H and O–H groups in total. The minimum Gasteiger partial charge on any atom is -0.494 e. The number of nitrogens with one attached hydrogen (secondary N) is 1. The van der Waals surface area contributed by atoms with Crippen LogP contribution in [-0.2, 0) is 14.8 Å². The molecule has 5 rings (SSSR count). The first kappa shape index (κ1) is 29.1. The van der Waals surface area contributed by atoms with E-state index in [1.54, 1.807) is 47.6 Å². The van der Waals surface area contributed by atoms with Crippen LogP contribution in [0.25, 0.3) is 17.1 Å². The molecule has 222 valence electrons. The van der Waals surface area contributed by atoms with Crippen molar-refractivity contribution >= 4 is 21.9 Å². The van der Waals surface area contributed by atoms with E-state index in [9.17, 15) is 12.8 Å². The fraction of sp³-hybridized carbons (Fsp3) is 0.370. The zero-order valence-electron chi connectivity index (χ0n) is 23.5. The molecule has 0 spiro atoms. The van der Waals surface area contributed by atoms with Gasteiger partial charge in [0.15, 0.2) is 11.6 Å². The van der Waals surface area contributed by atoms with Gasteiger partial charge in [0.25, 0.3) is 0 Å². The smallest absolute Gasteiger partial charge is 0.243 e. The Morgan fingerprint density at radius 1 is 1.00 bits per heavy atom. The van der Waals surface area contributed by atoms with E-state index in [1.165, 1.54) is 18.8 Å². The van der Waals surface area contributed by atoms with Gasteiger partial charge in [-0.2, -0.15) is 0 Å². The first-order chi connectivity index (χ1) is 20.2. The molecule has 0 bridgehead atoms. The van der Waals surface area contributed by atoms with Gasteiger partial charge in [-0.1, -0.05) is 6.07 Å². The number of sulfonamides is 1. The number of aromatic nitrogens is 6. The number of nitrogens with zero attached hydrogens (tertiary/aromatic N) is 7. The summed E-state index contributed by atoms with van der Waals surface area (Å²) in [6, 6.07) is 8.71. The van der Waals surface area contributed by atoms with Crippen LogP contribution in [0.15, 0.2) is 55.1 Å². The van der Waals surface area contributed by atoms with E-state index in [-0.39, 0.29) is 31.0 Å². The highest BCUT2D eigenvalue weighted by molar-refractivity contribution is 7.93. The number of hydrogen-bond donors (Lipinski definition) is 1. The molecule has 4 aromatic rings. The van der Waals surface area contributed by atoms with Gasteiger partial charge in [0.05, 0.1) is 38.8 Å². The fourth-order valence-corrected chi connectivity index (χ4v) is 6.25. The van der Waals surface area contributed by atoms with Crippen LogP contribution in [0, 0.1) is 5.82 Å². The van der Waals surface area contributed by atoms with Crippen LogP contribution in [0.2, 0.25) is 0 Å². The first-order valence-corrected chi connectivity index (χ1v) is 14.7. The predicted octanol–water partition coefficient (Wildman–Crippen LogP) is 3.09. The minimum absolute atomic E-state index is 0.0422. The molecule has 1 aliphatic rings. The van der Waals surface area contributed by atoms with Crippen molar-refractivity contribution in [3.63, 3.8) is 0 Å². The lowest BCUT2D eigenvalue weighted by atomic mass is 10.1. The minimum atomic E-state index is -4.11. The lowest BCUT2D eigenvalue weighted by molar-refractivity contribution is 0.00147. The molecule has 13 nitrogen and oxygen atoms in total. The Balaban J connectivity index is 1.56. The average Bonchev–Trinajstić information content (AvgIpc) is 3.39. The summed E-state index contributed by atoms with van der Waals surface area (Å²) in [5.74, 6) is 0.661. The highest BCUT2D eigenvalue weighted by Gasteiger charge is 2.38. The Hall–Kier alpha value is -4.37. The van der Waals surface area contributed by atoms with Crippen molar-refractivity contribution < 1.29 is 27.0 Å².